The maximum absolute atomic E-state index is 5.52. The molecule has 1 fully saturated rings. The van der Waals surface area contributed by atoms with Crippen molar-refractivity contribution in [1.29, 1.82) is 0 Å². The molecule has 3 nitrogen and oxygen atoms in total. The van der Waals surface area contributed by atoms with E-state index in [1.807, 2.05) is 12.2 Å². The van der Waals surface area contributed by atoms with Gasteiger partial charge >= 0.3 is 0 Å². The average Bonchev–Trinajstić information content (AvgIpc) is 3.22. The fourth-order valence-electron chi connectivity index (χ4n) is 4.66. The molecule has 0 unspecified atom stereocenters. The van der Waals surface area contributed by atoms with E-state index in [4.69, 9.17) is 4.74 Å². The molecule has 1 aromatic carbocycles. The molecule has 1 saturated heterocycles. The summed E-state index contributed by atoms with van der Waals surface area (Å²) in [5.41, 5.74) is 8.18. The van der Waals surface area contributed by atoms with Crippen LogP contribution in [0.1, 0.15) is 42.9 Å². The molecule has 0 saturated carbocycles. The zero-order valence-corrected chi connectivity index (χ0v) is 21.0. The van der Waals surface area contributed by atoms with Gasteiger partial charge < -0.3 is 14.5 Å². The number of hydrogen-bond acceptors (Lipinski definition) is 3. The van der Waals surface area contributed by atoms with Crippen molar-refractivity contribution in [2.24, 2.45) is 0 Å². The molecule has 0 aromatic heterocycles. The van der Waals surface area contributed by atoms with Gasteiger partial charge in [0.25, 0.3) is 0 Å². The highest BCUT2D eigenvalue weighted by atomic mass is 16.5. The van der Waals surface area contributed by atoms with Crippen LogP contribution in [0.4, 0.5) is 0 Å². The van der Waals surface area contributed by atoms with Gasteiger partial charge in [0.2, 0.25) is 0 Å². The summed E-state index contributed by atoms with van der Waals surface area (Å²) in [6.07, 6.45) is 30.3. The fourth-order valence-corrected chi connectivity index (χ4v) is 4.66. The molecular formula is C32H38N2O. The van der Waals surface area contributed by atoms with Crippen LogP contribution in [0.15, 0.2) is 109 Å². The van der Waals surface area contributed by atoms with Crippen molar-refractivity contribution in [3.63, 3.8) is 0 Å². The molecule has 0 amide bonds. The Balaban J connectivity index is 0.000000179. The van der Waals surface area contributed by atoms with E-state index in [2.05, 4.69) is 102 Å². The Hall–Kier alpha value is -3.30. The van der Waals surface area contributed by atoms with Gasteiger partial charge in [0.05, 0.1) is 6.61 Å². The second kappa shape index (κ2) is 13.0. The summed E-state index contributed by atoms with van der Waals surface area (Å²) in [5, 5.41) is 0. The van der Waals surface area contributed by atoms with Crippen molar-refractivity contribution in [2.75, 3.05) is 26.4 Å². The first kappa shape index (κ1) is 24.8. The Morgan fingerprint density at radius 2 is 1.89 bits per heavy atom. The summed E-state index contributed by atoms with van der Waals surface area (Å²) in [5.74, 6) is 0. The van der Waals surface area contributed by atoms with Crippen molar-refractivity contribution < 1.29 is 4.74 Å². The van der Waals surface area contributed by atoms with E-state index in [-0.39, 0.29) is 0 Å². The third kappa shape index (κ3) is 7.10. The van der Waals surface area contributed by atoms with Crippen LogP contribution in [0.25, 0.3) is 6.08 Å². The van der Waals surface area contributed by atoms with E-state index in [9.17, 15) is 0 Å². The second-order valence-electron chi connectivity index (χ2n) is 9.18. The number of allylic oxidation sites excluding steroid dienone is 11. The number of hydrogen-bond donors (Lipinski definition) is 0. The maximum atomic E-state index is 5.52. The van der Waals surface area contributed by atoms with Gasteiger partial charge in [-0.15, -0.1) is 0 Å². The topological polar surface area (TPSA) is 15.7 Å². The first-order valence-electron chi connectivity index (χ1n) is 12.8. The van der Waals surface area contributed by atoms with Gasteiger partial charge in [-0.05, 0) is 79.2 Å². The Morgan fingerprint density at radius 1 is 0.971 bits per heavy atom. The summed E-state index contributed by atoms with van der Waals surface area (Å²) in [6.45, 7) is 10.4. The molecule has 2 aliphatic heterocycles. The molecule has 0 spiro atoms. The highest BCUT2D eigenvalue weighted by Crippen LogP contribution is 2.25. The zero-order chi connectivity index (χ0) is 24.3. The lowest BCUT2D eigenvalue weighted by Gasteiger charge is -2.32. The quantitative estimate of drug-likeness (QED) is 0.348. The lowest BCUT2D eigenvalue weighted by atomic mass is 9.96. The SMILES string of the molecule is C/C=C1\COCN(C2=CCCC=C2)C1.C=C/C=C/c1ccc2c(c1)CN(C1=CC=CCC=C1)CC2. The van der Waals surface area contributed by atoms with Crippen molar-refractivity contribution in [3.8, 4) is 0 Å². The minimum atomic E-state index is 0.730. The summed E-state index contributed by atoms with van der Waals surface area (Å²) < 4.78 is 5.52. The number of ether oxygens (including phenoxy) is 1. The van der Waals surface area contributed by atoms with E-state index >= 15 is 0 Å². The van der Waals surface area contributed by atoms with Crippen LogP contribution in [0.3, 0.4) is 0 Å². The smallest absolute Gasteiger partial charge is 0.119 e. The van der Waals surface area contributed by atoms with E-state index < -0.39 is 0 Å². The Morgan fingerprint density at radius 3 is 2.71 bits per heavy atom. The Labute approximate surface area is 211 Å². The van der Waals surface area contributed by atoms with Crippen LogP contribution in [-0.2, 0) is 17.7 Å². The van der Waals surface area contributed by atoms with Crippen LogP contribution >= 0.6 is 0 Å². The molecule has 182 valence electrons. The van der Waals surface area contributed by atoms with Crippen LogP contribution in [-0.4, -0.2) is 36.2 Å². The molecule has 0 atom stereocenters. The summed E-state index contributed by atoms with van der Waals surface area (Å²) in [6, 6.07) is 6.77. The van der Waals surface area contributed by atoms with Crippen LogP contribution in [0.5, 0.6) is 0 Å². The Bertz CT molecular complexity index is 1100. The molecule has 5 rings (SSSR count). The predicted molar refractivity (Wildman–Crippen MR) is 149 cm³/mol. The van der Waals surface area contributed by atoms with Crippen LogP contribution in [0, 0.1) is 0 Å². The van der Waals surface area contributed by atoms with E-state index in [0.717, 1.165) is 52.2 Å². The monoisotopic (exact) mass is 466 g/mol. The van der Waals surface area contributed by atoms with Crippen LogP contribution < -0.4 is 0 Å². The molecule has 3 heteroatoms. The molecule has 35 heavy (non-hydrogen) atoms. The highest BCUT2D eigenvalue weighted by Gasteiger charge is 2.17. The number of benzene rings is 1. The fraction of sp³-hybridized carbons (Fsp3) is 0.312. The van der Waals surface area contributed by atoms with E-state index in [0.29, 0.717) is 0 Å². The van der Waals surface area contributed by atoms with Gasteiger partial charge in [-0.2, -0.15) is 0 Å². The lowest BCUT2D eigenvalue weighted by molar-refractivity contribution is 0.0372. The van der Waals surface area contributed by atoms with Gasteiger partial charge in [0.15, 0.2) is 0 Å². The maximum Gasteiger partial charge on any atom is 0.119 e. The number of rotatable bonds is 4. The molecule has 0 N–H and O–H groups in total. The first-order valence-corrected chi connectivity index (χ1v) is 12.8. The average molecular weight is 467 g/mol. The minimum absolute atomic E-state index is 0.730. The van der Waals surface area contributed by atoms with Crippen LogP contribution in [0.2, 0.25) is 0 Å². The third-order valence-electron chi connectivity index (χ3n) is 6.67. The normalized spacial score (nSPS) is 20.7. The molecule has 0 bridgehead atoms. The number of nitrogens with zero attached hydrogens (tertiary/aromatic N) is 2. The number of fused-ring (bicyclic) bond motifs is 1. The van der Waals surface area contributed by atoms with Gasteiger partial charge in [0.1, 0.15) is 6.73 Å². The van der Waals surface area contributed by atoms with Crippen molar-refractivity contribution in [3.05, 3.63) is 125 Å². The summed E-state index contributed by atoms with van der Waals surface area (Å²) in [7, 11) is 0. The molecule has 0 radical (unpaired) electrons. The van der Waals surface area contributed by atoms with Gasteiger partial charge in [-0.1, -0.05) is 73.4 Å². The van der Waals surface area contributed by atoms with Gasteiger partial charge in [0, 0.05) is 31.0 Å². The zero-order valence-electron chi connectivity index (χ0n) is 21.0. The van der Waals surface area contributed by atoms with Crippen molar-refractivity contribution >= 4 is 6.08 Å². The van der Waals surface area contributed by atoms with Gasteiger partial charge in [-0.25, -0.2) is 0 Å². The standard InChI is InChI=1S/C20H21N.C12H17NO/c1-2-3-8-17-11-12-18-13-14-21(16-19(18)15-17)20-9-6-4-5-7-10-20;1-2-11-8-13(10-14-9-11)12-6-4-3-5-7-12/h2-4,6-12,15H,1,5,13-14,16H2;2,4,6-7H,3,5,8-10H2,1H3/b8-3+;11-2-. The molecule has 1 aromatic rings. The molecular weight excluding hydrogens is 428 g/mol. The van der Waals surface area contributed by atoms with Crippen molar-refractivity contribution in [1.82, 2.24) is 9.80 Å². The minimum Gasteiger partial charge on any atom is -0.367 e. The first-order chi connectivity index (χ1) is 17.3. The molecule has 2 heterocycles. The van der Waals surface area contributed by atoms with E-state index in [1.165, 1.54) is 40.1 Å². The Kier molecular flexibility index (Phi) is 9.19. The highest BCUT2D eigenvalue weighted by molar-refractivity contribution is 5.53. The molecule has 4 aliphatic rings. The van der Waals surface area contributed by atoms with E-state index in [1.54, 1.807) is 0 Å². The second-order valence-corrected chi connectivity index (χ2v) is 9.18. The largest absolute Gasteiger partial charge is 0.367 e. The lowest BCUT2D eigenvalue weighted by Crippen LogP contribution is -2.33. The summed E-state index contributed by atoms with van der Waals surface area (Å²) in [4.78, 5) is 4.75. The van der Waals surface area contributed by atoms with Gasteiger partial charge in [-0.3, -0.25) is 0 Å². The third-order valence-corrected chi connectivity index (χ3v) is 6.67. The predicted octanol–water partition coefficient (Wildman–Crippen LogP) is 7.10. The molecule has 2 aliphatic carbocycles. The summed E-state index contributed by atoms with van der Waals surface area (Å²) >= 11 is 0. The van der Waals surface area contributed by atoms with Crippen molar-refractivity contribution in [2.45, 2.75) is 39.2 Å².